The van der Waals surface area contributed by atoms with Crippen LogP contribution in [0.3, 0.4) is 0 Å². The first-order valence-electron chi connectivity index (χ1n) is 9.66. The van der Waals surface area contributed by atoms with Crippen LogP contribution in [0.1, 0.15) is 23.4 Å². The van der Waals surface area contributed by atoms with Crippen LogP contribution >= 0.6 is 0 Å². The van der Waals surface area contributed by atoms with E-state index >= 15 is 0 Å². The van der Waals surface area contributed by atoms with E-state index in [4.69, 9.17) is 0 Å². The molecule has 1 amide bonds. The average Bonchev–Trinajstić information content (AvgIpc) is 3.41. The van der Waals surface area contributed by atoms with Gasteiger partial charge in [0.1, 0.15) is 0 Å². The molecule has 1 fully saturated rings. The molecule has 1 aliphatic rings. The van der Waals surface area contributed by atoms with E-state index in [2.05, 4.69) is 44.8 Å². The van der Waals surface area contributed by atoms with Crippen molar-refractivity contribution in [1.82, 2.24) is 15.4 Å². The molecule has 29 heavy (non-hydrogen) atoms. The molecule has 1 heterocycles. The lowest BCUT2D eigenvalue weighted by atomic mass is 9.85. The molecule has 1 saturated carbocycles. The summed E-state index contributed by atoms with van der Waals surface area (Å²) in [7, 11) is 0. The number of hydrazone groups is 1. The molecule has 1 atom stereocenters. The zero-order valence-corrected chi connectivity index (χ0v) is 15.7. The number of fused-ring (bicyclic) bond motifs is 1. The van der Waals surface area contributed by atoms with Gasteiger partial charge >= 0.3 is 0 Å². The van der Waals surface area contributed by atoms with Crippen LogP contribution in [0.25, 0.3) is 11.0 Å². The minimum atomic E-state index is -0.290. The van der Waals surface area contributed by atoms with Crippen molar-refractivity contribution in [2.45, 2.75) is 11.8 Å². The summed E-state index contributed by atoms with van der Waals surface area (Å²) in [6, 6.07) is 28.2. The summed E-state index contributed by atoms with van der Waals surface area (Å²) >= 11 is 0. The first-order chi connectivity index (χ1) is 14.3. The first-order valence-corrected chi connectivity index (χ1v) is 9.66. The summed E-state index contributed by atoms with van der Waals surface area (Å²) < 4.78 is 0. The van der Waals surface area contributed by atoms with E-state index in [1.54, 1.807) is 6.21 Å². The molecule has 5 nitrogen and oxygen atoms in total. The number of H-pyrrole nitrogens is 1. The molecule has 5 rings (SSSR count). The smallest absolute Gasteiger partial charge is 0.244 e. The average molecular weight is 380 g/mol. The Balaban J connectivity index is 1.35. The van der Waals surface area contributed by atoms with Gasteiger partial charge in [0.15, 0.2) is 5.82 Å². The zero-order chi connectivity index (χ0) is 19.7. The Hall–Kier alpha value is -3.73. The Morgan fingerprint density at radius 3 is 2.24 bits per heavy atom. The van der Waals surface area contributed by atoms with Crippen LogP contribution in [-0.4, -0.2) is 22.1 Å². The van der Waals surface area contributed by atoms with Gasteiger partial charge in [-0.2, -0.15) is 5.10 Å². The van der Waals surface area contributed by atoms with Crippen LogP contribution in [0.5, 0.6) is 0 Å². The molecule has 0 saturated heterocycles. The molecular formula is C24H20N4O. The highest BCUT2D eigenvalue weighted by Gasteiger charge is 2.60. The largest absolute Gasteiger partial charge is 0.337 e. The maximum absolute atomic E-state index is 12.9. The molecule has 0 unspecified atom stereocenters. The second kappa shape index (κ2) is 7.02. The van der Waals surface area contributed by atoms with Crippen molar-refractivity contribution >= 4 is 23.2 Å². The molecule has 3 aromatic carbocycles. The maximum atomic E-state index is 12.9. The van der Waals surface area contributed by atoms with E-state index in [1.807, 2.05) is 60.7 Å². The number of benzene rings is 3. The van der Waals surface area contributed by atoms with Gasteiger partial charge in [-0.05, 0) is 29.7 Å². The first kappa shape index (κ1) is 17.4. The predicted molar refractivity (Wildman–Crippen MR) is 114 cm³/mol. The molecule has 142 valence electrons. The summed E-state index contributed by atoms with van der Waals surface area (Å²) in [6.07, 6.45) is 2.32. The Kier molecular flexibility index (Phi) is 4.21. The van der Waals surface area contributed by atoms with Gasteiger partial charge in [0.05, 0.1) is 23.2 Å². The second-order valence-corrected chi connectivity index (χ2v) is 7.33. The van der Waals surface area contributed by atoms with Crippen LogP contribution in [-0.2, 0) is 10.2 Å². The predicted octanol–water partition coefficient (Wildman–Crippen LogP) is 4.02. The van der Waals surface area contributed by atoms with E-state index in [0.717, 1.165) is 28.6 Å². The highest BCUT2D eigenvalue weighted by Crippen LogP contribution is 2.58. The number of amides is 1. The maximum Gasteiger partial charge on any atom is 0.244 e. The van der Waals surface area contributed by atoms with Gasteiger partial charge in [-0.15, -0.1) is 0 Å². The van der Waals surface area contributed by atoms with E-state index in [-0.39, 0.29) is 17.2 Å². The SMILES string of the molecule is O=C(N/N=C/c1nc2ccccc2[nH]1)[C@H]1CC1(c1ccccc1)c1ccccc1. The fourth-order valence-electron chi connectivity index (χ4n) is 4.12. The van der Waals surface area contributed by atoms with Gasteiger partial charge in [0, 0.05) is 5.41 Å². The molecule has 1 aliphatic carbocycles. The topological polar surface area (TPSA) is 70.1 Å². The lowest BCUT2D eigenvalue weighted by Gasteiger charge is -2.18. The van der Waals surface area contributed by atoms with Crippen molar-refractivity contribution in [2.75, 3.05) is 0 Å². The fourth-order valence-corrected chi connectivity index (χ4v) is 4.12. The quantitative estimate of drug-likeness (QED) is 0.406. The number of rotatable bonds is 5. The molecule has 0 aliphatic heterocycles. The van der Waals surface area contributed by atoms with Crippen LogP contribution < -0.4 is 5.43 Å². The lowest BCUT2D eigenvalue weighted by molar-refractivity contribution is -0.122. The van der Waals surface area contributed by atoms with Crippen LogP contribution in [0, 0.1) is 5.92 Å². The molecule has 2 N–H and O–H groups in total. The van der Waals surface area contributed by atoms with Crippen LogP contribution in [0.15, 0.2) is 90.0 Å². The van der Waals surface area contributed by atoms with Crippen molar-refractivity contribution in [3.05, 3.63) is 102 Å². The summed E-state index contributed by atoms with van der Waals surface area (Å²) in [5.74, 6) is 0.380. The molecule has 0 spiro atoms. The number of aromatic amines is 1. The van der Waals surface area contributed by atoms with E-state index in [1.165, 1.54) is 0 Å². The molecule has 4 aromatic rings. The van der Waals surface area contributed by atoms with E-state index in [9.17, 15) is 4.79 Å². The Morgan fingerprint density at radius 2 is 1.59 bits per heavy atom. The van der Waals surface area contributed by atoms with Crippen molar-refractivity contribution < 1.29 is 4.79 Å². The number of carbonyl (C=O) groups is 1. The monoisotopic (exact) mass is 380 g/mol. The number of hydrogen-bond acceptors (Lipinski definition) is 3. The minimum absolute atomic E-state index is 0.0786. The second-order valence-electron chi connectivity index (χ2n) is 7.33. The van der Waals surface area contributed by atoms with Gasteiger partial charge in [0.25, 0.3) is 0 Å². The minimum Gasteiger partial charge on any atom is -0.337 e. The Bertz CT molecular complexity index is 1110. The van der Waals surface area contributed by atoms with Gasteiger partial charge in [-0.3, -0.25) is 4.79 Å². The van der Waals surface area contributed by atoms with Crippen LogP contribution in [0.2, 0.25) is 0 Å². The Morgan fingerprint density at radius 1 is 0.966 bits per heavy atom. The number of hydrogen-bond donors (Lipinski definition) is 2. The van der Waals surface area contributed by atoms with Gasteiger partial charge in [0.2, 0.25) is 5.91 Å². The molecule has 0 bridgehead atoms. The van der Waals surface area contributed by atoms with Crippen LogP contribution in [0.4, 0.5) is 0 Å². The third-order valence-electron chi connectivity index (χ3n) is 5.62. The fraction of sp³-hybridized carbons (Fsp3) is 0.125. The molecule has 1 aromatic heterocycles. The van der Waals surface area contributed by atoms with Crippen molar-refractivity contribution in [3.63, 3.8) is 0 Å². The van der Waals surface area contributed by atoms with Gasteiger partial charge < -0.3 is 4.98 Å². The van der Waals surface area contributed by atoms with E-state index in [0.29, 0.717) is 5.82 Å². The zero-order valence-electron chi connectivity index (χ0n) is 15.7. The number of nitrogens with one attached hydrogen (secondary N) is 2. The van der Waals surface area contributed by atoms with Crippen molar-refractivity contribution in [1.29, 1.82) is 0 Å². The normalized spacial score (nSPS) is 17.4. The van der Waals surface area contributed by atoms with E-state index < -0.39 is 0 Å². The summed E-state index contributed by atoms with van der Waals surface area (Å²) in [6.45, 7) is 0. The number of aromatic nitrogens is 2. The number of nitrogens with zero attached hydrogens (tertiary/aromatic N) is 2. The van der Waals surface area contributed by atoms with Gasteiger partial charge in [-0.25, -0.2) is 10.4 Å². The highest BCUT2D eigenvalue weighted by atomic mass is 16.2. The third-order valence-corrected chi connectivity index (χ3v) is 5.62. The highest BCUT2D eigenvalue weighted by molar-refractivity contribution is 5.88. The third kappa shape index (κ3) is 3.10. The number of para-hydroxylation sites is 2. The lowest BCUT2D eigenvalue weighted by Crippen LogP contribution is -2.25. The summed E-state index contributed by atoms with van der Waals surface area (Å²) in [5.41, 5.74) is 6.54. The standard InChI is InChI=1S/C24H20N4O/c29-23(28-25-16-22-26-20-13-7-8-14-21(20)27-22)19-15-24(19,17-9-3-1-4-10-17)18-11-5-2-6-12-18/h1-14,16,19H,15H2,(H,26,27)(H,28,29)/b25-16+/t19-/m1/s1. The molecule has 0 radical (unpaired) electrons. The molecular weight excluding hydrogens is 360 g/mol. The Labute approximate surface area is 168 Å². The van der Waals surface area contributed by atoms with Gasteiger partial charge in [-0.1, -0.05) is 72.8 Å². The summed E-state index contributed by atoms with van der Waals surface area (Å²) in [4.78, 5) is 20.5. The number of imidazole rings is 1. The van der Waals surface area contributed by atoms with Crippen molar-refractivity contribution in [2.24, 2.45) is 11.0 Å². The molecule has 5 heteroatoms. The van der Waals surface area contributed by atoms with Crippen molar-refractivity contribution in [3.8, 4) is 0 Å². The summed E-state index contributed by atoms with van der Waals surface area (Å²) in [5, 5.41) is 4.13. The number of carbonyl (C=O) groups excluding carboxylic acids is 1.